The maximum atomic E-state index is 12.9. The number of benzene rings is 2. The fourth-order valence-electron chi connectivity index (χ4n) is 3.71. The van der Waals surface area contributed by atoms with Crippen molar-refractivity contribution in [2.45, 2.75) is 38.1 Å². The van der Waals surface area contributed by atoms with Crippen molar-refractivity contribution in [3.8, 4) is 28.6 Å². The van der Waals surface area contributed by atoms with E-state index in [2.05, 4.69) is 22.1 Å². The highest BCUT2D eigenvalue weighted by Gasteiger charge is 2.35. The van der Waals surface area contributed by atoms with Crippen LogP contribution < -0.4 is 19.1 Å². The van der Waals surface area contributed by atoms with Crippen LogP contribution in [0.1, 0.15) is 38.5 Å². The van der Waals surface area contributed by atoms with E-state index in [1.807, 2.05) is 42.5 Å². The van der Waals surface area contributed by atoms with Crippen molar-refractivity contribution in [2.24, 2.45) is 0 Å². The van der Waals surface area contributed by atoms with Gasteiger partial charge in [-0.3, -0.25) is 9.69 Å². The van der Waals surface area contributed by atoms with Gasteiger partial charge in [-0.05, 0) is 30.7 Å². The van der Waals surface area contributed by atoms with Crippen molar-refractivity contribution in [3.63, 3.8) is 0 Å². The number of hydrogen-bond donors (Lipinski definition) is 0. The molecule has 0 saturated heterocycles. The summed E-state index contributed by atoms with van der Waals surface area (Å²) in [4.78, 5) is 19.1. The van der Waals surface area contributed by atoms with Gasteiger partial charge in [0.2, 0.25) is 30.0 Å². The van der Waals surface area contributed by atoms with Crippen LogP contribution in [-0.4, -0.2) is 33.6 Å². The number of nitrogens with zero attached hydrogens (tertiary/aromatic N) is 4. The number of anilines is 1. The van der Waals surface area contributed by atoms with E-state index in [9.17, 15) is 4.79 Å². The van der Waals surface area contributed by atoms with Gasteiger partial charge in [0.15, 0.2) is 17.2 Å². The molecule has 2 aliphatic heterocycles. The number of fused-ring (bicyclic) bond motifs is 4. The third kappa shape index (κ3) is 3.73. The number of thioether (sulfide) groups is 1. The average molecular weight is 451 g/mol. The van der Waals surface area contributed by atoms with Gasteiger partial charge in [0.1, 0.15) is 0 Å². The molecule has 2 aromatic carbocycles. The zero-order chi connectivity index (χ0) is 22.1. The first-order chi connectivity index (χ1) is 15.7. The molecule has 3 heterocycles. The highest BCUT2D eigenvalue weighted by molar-refractivity contribution is 7.99. The maximum absolute atomic E-state index is 12.9. The SMILES string of the molecule is CCCCSc1nnc2c(n1)O[C@@H](c1ccc3c(c1)OCO3)N(C(C)=O)c1ccccc1-2. The van der Waals surface area contributed by atoms with Gasteiger partial charge in [0.05, 0.1) is 5.69 Å². The number of carbonyl (C=O) groups is 1. The molecule has 1 aromatic heterocycles. The lowest BCUT2D eigenvalue weighted by atomic mass is 10.1. The lowest BCUT2D eigenvalue weighted by Crippen LogP contribution is -2.36. The Kier molecular flexibility index (Phi) is 5.57. The van der Waals surface area contributed by atoms with Crippen molar-refractivity contribution in [2.75, 3.05) is 17.4 Å². The van der Waals surface area contributed by atoms with Crippen LogP contribution in [0.5, 0.6) is 17.4 Å². The van der Waals surface area contributed by atoms with E-state index in [4.69, 9.17) is 14.2 Å². The molecule has 0 bridgehead atoms. The molecule has 8 nitrogen and oxygen atoms in total. The second kappa shape index (κ2) is 8.66. The number of aromatic nitrogens is 3. The van der Waals surface area contributed by atoms with Gasteiger partial charge >= 0.3 is 0 Å². The molecule has 2 aliphatic rings. The summed E-state index contributed by atoms with van der Waals surface area (Å²) >= 11 is 1.54. The molecule has 1 atom stereocenters. The van der Waals surface area contributed by atoms with Gasteiger partial charge in [-0.15, -0.1) is 10.2 Å². The van der Waals surface area contributed by atoms with Crippen LogP contribution in [0.15, 0.2) is 47.6 Å². The lowest BCUT2D eigenvalue weighted by Gasteiger charge is -2.29. The van der Waals surface area contributed by atoms with Gasteiger partial charge < -0.3 is 14.2 Å². The quantitative estimate of drug-likeness (QED) is 0.412. The summed E-state index contributed by atoms with van der Waals surface area (Å²) < 4.78 is 17.4. The topological polar surface area (TPSA) is 86.7 Å². The predicted octanol–water partition coefficient (Wildman–Crippen LogP) is 4.60. The van der Waals surface area contributed by atoms with E-state index in [0.717, 1.165) is 29.7 Å². The fourth-order valence-corrected chi connectivity index (χ4v) is 4.57. The van der Waals surface area contributed by atoms with Crippen molar-refractivity contribution >= 4 is 23.4 Å². The minimum absolute atomic E-state index is 0.168. The molecule has 0 unspecified atom stereocenters. The second-order valence-electron chi connectivity index (χ2n) is 7.44. The van der Waals surface area contributed by atoms with Gasteiger partial charge in [-0.1, -0.05) is 43.3 Å². The number of amides is 1. The molecule has 0 N–H and O–H groups in total. The molecule has 0 aliphatic carbocycles. The zero-order valence-electron chi connectivity index (χ0n) is 17.8. The Balaban J connectivity index is 1.63. The van der Waals surface area contributed by atoms with Crippen LogP contribution in [0.25, 0.3) is 11.3 Å². The molecule has 1 amide bonds. The molecular weight excluding hydrogens is 428 g/mol. The third-order valence-electron chi connectivity index (χ3n) is 5.26. The molecule has 0 fully saturated rings. The zero-order valence-corrected chi connectivity index (χ0v) is 18.6. The molecule has 9 heteroatoms. The van der Waals surface area contributed by atoms with Gasteiger partial charge in [-0.25, -0.2) is 0 Å². The summed E-state index contributed by atoms with van der Waals surface area (Å²) in [5, 5.41) is 9.29. The maximum Gasteiger partial charge on any atom is 0.247 e. The number of para-hydroxylation sites is 1. The standard InChI is InChI=1S/C23H22N4O4S/c1-3-4-11-32-23-24-21-20(25-26-23)16-7-5-6-8-17(16)27(14(2)28)22(31-21)15-9-10-18-19(12-15)30-13-29-18/h5-10,12,22H,3-4,11,13H2,1-2H3/t22-/m0/s1. The fraction of sp³-hybridized carbons (Fsp3) is 0.304. The summed E-state index contributed by atoms with van der Waals surface area (Å²) in [6.45, 7) is 3.83. The third-order valence-corrected chi connectivity index (χ3v) is 6.19. The molecule has 0 radical (unpaired) electrons. The molecular formula is C23H22N4O4S. The number of carbonyl (C=O) groups excluding carboxylic acids is 1. The molecule has 32 heavy (non-hydrogen) atoms. The summed E-state index contributed by atoms with van der Waals surface area (Å²) in [5.41, 5.74) is 2.68. The minimum Gasteiger partial charge on any atom is -0.454 e. The highest BCUT2D eigenvalue weighted by Crippen LogP contribution is 2.44. The molecule has 164 valence electrons. The average Bonchev–Trinajstić information content (AvgIpc) is 3.21. The first-order valence-electron chi connectivity index (χ1n) is 10.5. The number of rotatable bonds is 5. The van der Waals surface area contributed by atoms with Crippen molar-refractivity contribution in [1.29, 1.82) is 0 Å². The number of hydrogen-bond acceptors (Lipinski definition) is 8. The van der Waals surface area contributed by atoms with E-state index < -0.39 is 6.23 Å². The minimum atomic E-state index is -0.755. The molecule has 0 saturated carbocycles. The Morgan fingerprint density at radius 2 is 2.00 bits per heavy atom. The Bertz CT molecular complexity index is 1170. The van der Waals surface area contributed by atoms with E-state index >= 15 is 0 Å². The number of unbranched alkanes of at least 4 members (excludes halogenated alkanes) is 1. The van der Waals surface area contributed by atoms with E-state index in [-0.39, 0.29) is 12.7 Å². The van der Waals surface area contributed by atoms with Crippen molar-refractivity contribution < 1.29 is 19.0 Å². The second-order valence-corrected chi connectivity index (χ2v) is 8.50. The van der Waals surface area contributed by atoms with Crippen LogP contribution >= 0.6 is 11.8 Å². The first-order valence-corrected chi connectivity index (χ1v) is 11.5. The number of ether oxygens (including phenoxy) is 3. The lowest BCUT2D eigenvalue weighted by molar-refractivity contribution is -0.118. The van der Waals surface area contributed by atoms with Crippen LogP contribution in [-0.2, 0) is 4.79 Å². The summed E-state index contributed by atoms with van der Waals surface area (Å²) in [5.74, 6) is 2.36. The molecule has 5 rings (SSSR count). The van der Waals surface area contributed by atoms with Gasteiger partial charge in [-0.2, -0.15) is 4.98 Å². The first kappa shape index (κ1) is 20.6. The largest absolute Gasteiger partial charge is 0.454 e. The highest BCUT2D eigenvalue weighted by atomic mass is 32.2. The van der Waals surface area contributed by atoms with Crippen molar-refractivity contribution in [3.05, 3.63) is 48.0 Å². The Hall–Kier alpha value is -3.33. The van der Waals surface area contributed by atoms with Crippen LogP contribution in [0.4, 0.5) is 5.69 Å². The predicted molar refractivity (Wildman–Crippen MR) is 120 cm³/mol. The summed E-state index contributed by atoms with van der Waals surface area (Å²) in [6, 6.07) is 13.1. The summed E-state index contributed by atoms with van der Waals surface area (Å²) in [7, 11) is 0. The van der Waals surface area contributed by atoms with Crippen LogP contribution in [0.3, 0.4) is 0 Å². The Morgan fingerprint density at radius 3 is 2.84 bits per heavy atom. The van der Waals surface area contributed by atoms with Gasteiger partial charge in [0.25, 0.3) is 0 Å². The Morgan fingerprint density at radius 1 is 1.16 bits per heavy atom. The van der Waals surface area contributed by atoms with Gasteiger partial charge in [0, 0.05) is 23.8 Å². The molecule has 3 aromatic rings. The van der Waals surface area contributed by atoms with E-state index in [0.29, 0.717) is 33.9 Å². The van der Waals surface area contributed by atoms with E-state index in [1.165, 1.54) is 6.92 Å². The van der Waals surface area contributed by atoms with E-state index in [1.54, 1.807) is 16.7 Å². The molecule has 0 spiro atoms. The van der Waals surface area contributed by atoms with Crippen LogP contribution in [0.2, 0.25) is 0 Å². The summed E-state index contributed by atoms with van der Waals surface area (Å²) in [6.07, 6.45) is 1.40. The normalized spacial score (nSPS) is 16.1. The Labute approximate surface area is 189 Å². The van der Waals surface area contributed by atoms with Crippen molar-refractivity contribution in [1.82, 2.24) is 15.2 Å². The monoisotopic (exact) mass is 450 g/mol. The van der Waals surface area contributed by atoms with Crippen LogP contribution in [0, 0.1) is 0 Å². The smallest absolute Gasteiger partial charge is 0.247 e.